The monoisotopic (exact) mass is 355 g/mol. The van der Waals surface area contributed by atoms with Crippen LogP contribution in [0.15, 0.2) is 59.1 Å². The Kier molecular flexibility index (Phi) is 3.69. The van der Waals surface area contributed by atoms with Crippen LogP contribution < -0.4 is 0 Å². The number of rotatable bonds is 1. The lowest BCUT2D eigenvalue weighted by atomic mass is 9.95. The predicted octanol–water partition coefficient (Wildman–Crippen LogP) is 5.76. The Morgan fingerprint density at radius 3 is 2.32 bits per heavy atom. The Bertz CT molecular complexity index is 841. The van der Waals surface area contributed by atoms with E-state index in [1.165, 1.54) is 0 Å². The zero-order chi connectivity index (χ0) is 15.9. The standard InChI is InChI=1S/C19H18BrNO/c1-19(2,3)18(22)21-16-10-9-15(20)11-14(16)12-17(21)13-7-5-4-6-8-13/h4-12H,1-3H3. The Balaban J connectivity index is 2.34. The molecule has 0 aliphatic carbocycles. The molecule has 0 atom stereocenters. The van der Waals surface area contributed by atoms with E-state index < -0.39 is 5.41 Å². The maximum Gasteiger partial charge on any atom is 0.236 e. The van der Waals surface area contributed by atoms with E-state index in [1.807, 2.05) is 73.9 Å². The molecule has 2 nitrogen and oxygen atoms in total. The second-order valence-electron chi connectivity index (χ2n) is 6.49. The summed E-state index contributed by atoms with van der Waals surface area (Å²) in [7, 11) is 0. The van der Waals surface area contributed by atoms with Gasteiger partial charge in [0.2, 0.25) is 5.91 Å². The number of aromatic nitrogens is 1. The van der Waals surface area contributed by atoms with Crippen molar-refractivity contribution in [3.63, 3.8) is 0 Å². The SMILES string of the molecule is CC(C)(C)C(=O)n1c(-c2ccccc2)cc2cc(Br)ccc21. The van der Waals surface area contributed by atoms with Gasteiger partial charge in [-0.25, -0.2) is 0 Å². The molecule has 0 unspecified atom stereocenters. The fourth-order valence-corrected chi connectivity index (χ4v) is 2.94. The Labute approximate surface area is 138 Å². The Hall–Kier alpha value is -1.87. The average Bonchev–Trinajstić information content (AvgIpc) is 2.84. The summed E-state index contributed by atoms with van der Waals surface area (Å²) in [5.41, 5.74) is 2.49. The predicted molar refractivity (Wildman–Crippen MR) is 95.2 cm³/mol. The van der Waals surface area contributed by atoms with Crippen LogP contribution in [0.5, 0.6) is 0 Å². The number of benzene rings is 2. The third-order valence-corrected chi connectivity index (χ3v) is 4.17. The minimum absolute atomic E-state index is 0.101. The molecule has 1 heterocycles. The number of nitrogens with zero attached hydrogens (tertiary/aromatic N) is 1. The highest BCUT2D eigenvalue weighted by atomic mass is 79.9. The van der Waals surface area contributed by atoms with E-state index in [2.05, 4.69) is 22.0 Å². The Morgan fingerprint density at radius 1 is 1.00 bits per heavy atom. The first-order chi connectivity index (χ1) is 10.4. The van der Waals surface area contributed by atoms with Gasteiger partial charge in [-0.3, -0.25) is 9.36 Å². The van der Waals surface area contributed by atoms with Crippen molar-refractivity contribution < 1.29 is 4.79 Å². The summed E-state index contributed by atoms with van der Waals surface area (Å²) in [6.45, 7) is 5.86. The molecule has 0 saturated carbocycles. The normalized spacial score (nSPS) is 11.8. The first kappa shape index (κ1) is 15.0. The van der Waals surface area contributed by atoms with Gasteiger partial charge in [0.1, 0.15) is 0 Å². The van der Waals surface area contributed by atoms with Crippen molar-refractivity contribution in [3.05, 3.63) is 59.1 Å². The molecule has 3 rings (SSSR count). The highest BCUT2D eigenvalue weighted by Crippen LogP contribution is 2.32. The van der Waals surface area contributed by atoms with Gasteiger partial charge in [-0.05, 0) is 29.8 Å². The van der Waals surface area contributed by atoms with E-state index >= 15 is 0 Å². The minimum atomic E-state index is -0.442. The first-order valence-electron chi connectivity index (χ1n) is 7.29. The largest absolute Gasteiger partial charge is 0.279 e. The van der Waals surface area contributed by atoms with Crippen LogP contribution in [-0.2, 0) is 0 Å². The molecule has 0 N–H and O–H groups in total. The van der Waals surface area contributed by atoms with Gasteiger partial charge < -0.3 is 0 Å². The molecule has 3 heteroatoms. The number of hydrogen-bond acceptors (Lipinski definition) is 1. The van der Waals surface area contributed by atoms with Crippen molar-refractivity contribution in [2.75, 3.05) is 0 Å². The van der Waals surface area contributed by atoms with E-state index in [0.717, 1.165) is 26.6 Å². The van der Waals surface area contributed by atoms with Crippen molar-refractivity contribution in [2.45, 2.75) is 20.8 Å². The molecule has 2 aromatic carbocycles. The fraction of sp³-hybridized carbons (Fsp3) is 0.211. The van der Waals surface area contributed by atoms with Crippen LogP contribution >= 0.6 is 15.9 Å². The van der Waals surface area contributed by atoms with Crippen LogP contribution in [0.4, 0.5) is 0 Å². The van der Waals surface area contributed by atoms with Crippen molar-refractivity contribution in [1.29, 1.82) is 0 Å². The molecule has 3 aromatic rings. The second-order valence-corrected chi connectivity index (χ2v) is 7.40. The highest BCUT2D eigenvalue weighted by Gasteiger charge is 2.27. The number of fused-ring (bicyclic) bond motifs is 1. The van der Waals surface area contributed by atoms with Crippen molar-refractivity contribution in [2.24, 2.45) is 5.41 Å². The van der Waals surface area contributed by atoms with Crippen molar-refractivity contribution in [1.82, 2.24) is 4.57 Å². The summed E-state index contributed by atoms with van der Waals surface area (Å²) in [4.78, 5) is 13.0. The second kappa shape index (κ2) is 5.40. The molecule has 0 radical (unpaired) electrons. The van der Waals surface area contributed by atoms with Gasteiger partial charge in [-0.2, -0.15) is 0 Å². The Morgan fingerprint density at radius 2 is 1.68 bits per heavy atom. The van der Waals surface area contributed by atoms with Crippen LogP contribution in [-0.4, -0.2) is 10.5 Å². The summed E-state index contributed by atoms with van der Waals surface area (Å²) in [5.74, 6) is 0.101. The van der Waals surface area contributed by atoms with Gasteiger partial charge in [0.15, 0.2) is 0 Å². The molecular weight excluding hydrogens is 338 g/mol. The molecule has 1 aromatic heterocycles. The summed E-state index contributed by atoms with van der Waals surface area (Å²) >= 11 is 3.50. The van der Waals surface area contributed by atoms with Gasteiger partial charge in [-0.1, -0.05) is 67.0 Å². The lowest BCUT2D eigenvalue weighted by molar-refractivity contribution is 0.0775. The minimum Gasteiger partial charge on any atom is -0.279 e. The van der Waals surface area contributed by atoms with Crippen LogP contribution in [0.25, 0.3) is 22.2 Å². The molecule has 0 aliphatic heterocycles. The van der Waals surface area contributed by atoms with Crippen LogP contribution in [0.1, 0.15) is 25.6 Å². The van der Waals surface area contributed by atoms with Crippen LogP contribution in [0.2, 0.25) is 0 Å². The lowest BCUT2D eigenvalue weighted by Crippen LogP contribution is -2.27. The summed E-state index contributed by atoms with van der Waals surface area (Å²) in [6.07, 6.45) is 0. The molecule has 0 spiro atoms. The smallest absolute Gasteiger partial charge is 0.236 e. The zero-order valence-electron chi connectivity index (χ0n) is 12.9. The maximum absolute atomic E-state index is 13.0. The molecule has 0 bridgehead atoms. The van der Waals surface area contributed by atoms with Gasteiger partial charge in [0, 0.05) is 15.3 Å². The third-order valence-electron chi connectivity index (χ3n) is 3.68. The van der Waals surface area contributed by atoms with E-state index in [9.17, 15) is 4.79 Å². The van der Waals surface area contributed by atoms with E-state index in [0.29, 0.717) is 0 Å². The number of carbonyl (C=O) groups is 1. The number of halogens is 1. The van der Waals surface area contributed by atoms with Gasteiger partial charge in [0.25, 0.3) is 0 Å². The first-order valence-corrected chi connectivity index (χ1v) is 8.08. The van der Waals surface area contributed by atoms with E-state index in [-0.39, 0.29) is 5.91 Å². The molecule has 0 fully saturated rings. The molecule has 22 heavy (non-hydrogen) atoms. The molecule has 112 valence electrons. The van der Waals surface area contributed by atoms with Gasteiger partial charge in [0.05, 0.1) is 11.2 Å². The van der Waals surface area contributed by atoms with Crippen LogP contribution in [0.3, 0.4) is 0 Å². The topological polar surface area (TPSA) is 22.0 Å². The molecule has 0 amide bonds. The summed E-state index contributed by atoms with van der Waals surface area (Å²) < 4.78 is 2.86. The third kappa shape index (κ3) is 2.61. The van der Waals surface area contributed by atoms with Crippen molar-refractivity contribution in [3.8, 4) is 11.3 Å². The van der Waals surface area contributed by atoms with Gasteiger partial charge in [-0.15, -0.1) is 0 Å². The zero-order valence-corrected chi connectivity index (χ0v) is 14.5. The molecule has 0 aliphatic rings. The summed E-state index contributed by atoms with van der Waals surface area (Å²) in [5, 5.41) is 1.06. The van der Waals surface area contributed by atoms with Crippen LogP contribution in [0, 0.1) is 5.41 Å². The fourth-order valence-electron chi connectivity index (χ4n) is 2.56. The average molecular weight is 356 g/mol. The van der Waals surface area contributed by atoms with E-state index in [1.54, 1.807) is 0 Å². The number of carbonyl (C=O) groups excluding carboxylic acids is 1. The number of hydrogen-bond donors (Lipinski definition) is 0. The van der Waals surface area contributed by atoms with Crippen molar-refractivity contribution >= 4 is 32.7 Å². The lowest BCUT2D eigenvalue weighted by Gasteiger charge is -2.20. The molecular formula is C19H18BrNO. The highest BCUT2D eigenvalue weighted by molar-refractivity contribution is 9.10. The molecule has 0 saturated heterocycles. The maximum atomic E-state index is 13.0. The quantitative estimate of drug-likeness (QED) is 0.544. The summed E-state index contributed by atoms with van der Waals surface area (Å²) in [6, 6.07) is 18.2. The van der Waals surface area contributed by atoms with E-state index in [4.69, 9.17) is 0 Å². The van der Waals surface area contributed by atoms with Gasteiger partial charge >= 0.3 is 0 Å².